The molecule has 4 nitrogen and oxygen atoms in total. The first-order valence-corrected chi connectivity index (χ1v) is 5.31. The molecule has 14 heavy (non-hydrogen) atoms. The predicted octanol–water partition coefficient (Wildman–Crippen LogP) is 1.81. The maximum Gasteiger partial charge on any atom is 0.182 e. The van der Waals surface area contributed by atoms with Crippen LogP contribution in [-0.2, 0) is 0 Å². The monoisotopic (exact) mass is 207 g/mol. The number of rotatable bonds is 2. The molecule has 1 aliphatic carbocycles. The molecule has 0 spiro atoms. The molecule has 0 amide bonds. The molecule has 0 saturated heterocycles. The van der Waals surface area contributed by atoms with Crippen molar-refractivity contribution in [3.05, 3.63) is 12.3 Å². The van der Waals surface area contributed by atoms with Crippen molar-refractivity contribution in [2.45, 2.75) is 18.9 Å². The molecule has 72 valence electrons. The molecule has 3 rings (SSSR count). The number of hydrogen-bond acceptors (Lipinski definition) is 5. The van der Waals surface area contributed by atoms with Gasteiger partial charge < -0.3 is 10.5 Å². The zero-order chi connectivity index (χ0) is 9.54. The topological polar surface area (TPSA) is 61.0 Å². The van der Waals surface area contributed by atoms with Gasteiger partial charge in [0.05, 0.1) is 12.3 Å². The molecule has 2 heterocycles. The van der Waals surface area contributed by atoms with Crippen molar-refractivity contribution < 1.29 is 4.74 Å². The highest BCUT2D eigenvalue weighted by atomic mass is 32.1. The van der Waals surface area contributed by atoms with Crippen molar-refractivity contribution in [3.63, 3.8) is 0 Å². The van der Waals surface area contributed by atoms with E-state index >= 15 is 0 Å². The van der Waals surface area contributed by atoms with E-state index in [1.165, 1.54) is 11.3 Å². The Balaban J connectivity index is 2.00. The lowest BCUT2D eigenvalue weighted by Gasteiger charge is -2.01. The van der Waals surface area contributed by atoms with Crippen molar-refractivity contribution in [3.8, 4) is 5.75 Å². The van der Waals surface area contributed by atoms with E-state index in [4.69, 9.17) is 10.5 Å². The van der Waals surface area contributed by atoms with Crippen LogP contribution in [0.3, 0.4) is 0 Å². The first-order valence-electron chi connectivity index (χ1n) is 4.50. The second-order valence-electron chi connectivity index (χ2n) is 3.36. The summed E-state index contributed by atoms with van der Waals surface area (Å²) in [6, 6.07) is 1.90. The zero-order valence-corrected chi connectivity index (χ0v) is 8.25. The van der Waals surface area contributed by atoms with Gasteiger partial charge in [-0.15, -0.1) is 0 Å². The summed E-state index contributed by atoms with van der Waals surface area (Å²) in [6.45, 7) is 0. The number of nitrogens with zero attached hydrogens (tertiary/aromatic N) is 2. The maximum absolute atomic E-state index is 5.60. The third-order valence-electron chi connectivity index (χ3n) is 2.07. The van der Waals surface area contributed by atoms with Crippen LogP contribution < -0.4 is 10.5 Å². The van der Waals surface area contributed by atoms with Gasteiger partial charge in [0.2, 0.25) is 0 Å². The molecule has 1 aliphatic rings. The molecule has 0 bridgehead atoms. The Kier molecular flexibility index (Phi) is 1.61. The van der Waals surface area contributed by atoms with E-state index < -0.39 is 0 Å². The van der Waals surface area contributed by atoms with Crippen LogP contribution >= 0.6 is 11.3 Å². The van der Waals surface area contributed by atoms with Crippen molar-refractivity contribution in [1.82, 2.24) is 9.97 Å². The van der Waals surface area contributed by atoms with E-state index in [1.54, 1.807) is 6.20 Å². The van der Waals surface area contributed by atoms with E-state index in [1.807, 2.05) is 6.07 Å². The standard InChI is InChI=1S/C9H9N3OS/c10-9-12-7-3-6(13-5-1-2-5)4-11-8(7)14-9/h3-5H,1-2H2,(H2,10,12). The first-order chi connectivity index (χ1) is 6.81. The number of ether oxygens (including phenoxy) is 1. The number of fused-ring (bicyclic) bond motifs is 1. The SMILES string of the molecule is Nc1nc2cc(OC3CC3)cnc2s1. The van der Waals surface area contributed by atoms with Gasteiger partial charge >= 0.3 is 0 Å². The largest absolute Gasteiger partial charge is 0.489 e. The Bertz CT molecular complexity index is 478. The number of nitrogens with two attached hydrogens (primary N) is 1. The zero-order valence-electron chi connectivity index (χ0n) is 7.43. The Morgan fingerprint density at radius 1 is 1.50 bits per heavy atom. The quantitative estimate of drug-likeness (QED) is 0.815. The number of nitrogen functional groups attached to an aromatic ring is 1. The van der Waals surface area contributed by atoms with Crippen molar-refractivity contribution in [2.75, 3.05) is 5.73 Å². The molecule has 0 radical (unpaired) electrons. The van der Waals surface area contributed by atoms with E-state index in [0.717, 1.165) is 28.9 Å². The molecular weight excluding hydrogens is 198 g/mol. The van der Waals surface area contributed by atoms with Crippen LogP contribution in [0.4, 0.5) is 5.13 Å². The Labute approximate surface area is 84.7 Å². The van der Waals surface area contributed by atoms with E-state index in [0.29, 0.717) is 11.2 Å². The van der Waals surface area contributed by atoms with Gasteiger partial charge in [0.15, 0.2) is 5.13 Å². The lowest BCUT2D eigenvalue weighted by molar-refractivity contribution is 0.302. The third kappa shape index (κ3) is 1.39. The summed E-state index contributed by atoms with van der Waals surface area (Å²) in [6.07, 6.45) is 4.43. The highest BCUT2D eigenvalue weighted by Crippen LogP contribution is 2.29. The van der Waals surface area contributed by atoms with E-state index in [9.17, 15) is 0 Å². The van der Waals surface area contributed by atoms with Crippen molar-refractivity contribution in [2.24, 2.45) is 0 Å². The average Bonchev–Trinajstić information content (AvgIpc) is 2.86. The number of thiazole rings is 1. The molecule has 2 N–H and O–H groups in total. The lowest BCUT2D eigenvalue weighted by Crippen LogP contribution is -1.95. The van der Waals surface area contributed by atoms with Gasteiger partial charge in [-0.25, -0.2) is 9.97 Å². The van der Waals surface area contributed by atoms with Crippen LogP contribution in [0.5, 0.6) is 5.75 Å². The molecule has 0 unspecified atom stereocenters. The minimum Gasteiger partial charge on any atom is -0.489 e. The van der Waals surface area contributed by atoms with E-state index in [-0.39, 0.29) is 0 Å². The van der Waals surface area contributed by atoms with Crippen LogP contribution in [0.2, 0.25) is 0 Å². The number of anilines is 1. The van der Waals surface area contributed by atoms with Gasteiger partial charge in [-0.1, -0.05) is 11.3 Å². The first kappa shape index (κ1) is 7.99. The minimum absolute atomic E-state index is 0.394. The molecule has 0 aromatic carbocycles. The average molecular weight is 207 g/mol. The van der Waals surface area contributed by atoms with Crippen LogP contribution in [0.25, 0.3) is 10.3 Å². The van der Waals surface area contributed by atoms with Crippen LogP contribution in [0.15, 0.2) is 12.3 Å². The summed E-state index contributed by atoms with van der Waals surface area (Å²) in [7, 11) is 0. The van der Waals surface area contributed by atoms with Crippen molar-refractivity contribution >= 4 is 26.8 Å². The molecule has 1 saturated carbocycles. The summed E-state index contributed by atoms with van der Waals surface area (Å²) in [4.78, 5) is 9.26. The molecule has 2 aromatic heterocycles. The van der Waals surface area contributed by atoms with E-state index in [2.05, 4.69) is 9.97 Å². The number of aromatic nitrogens is 2. The van der Waals surface area contributed by atoms with Crippen molar-refractivity contribution in [1.29, 1.82) is 0 Å². The predicted molar refractivity (Wildman–Crippen MR) is 55.5 cm³/mol. The highest BCUT2D eigenvalue weighted by Gasteiger charge is 2.23. The van der Waals surface area contributed by atoms with Gasteiger partial charge in [0.1, 0.15) is 16.1 Å². The third-order valence-corrected chi connectivity index (χ3v) is 2.87. The second kappa shape index (κ2) is 2.81. The molecule has 5 heteroatoms. The van der Waals surface area contributed by atoms with Gasteiger partial charge in [-0.3, -0.25) is 0 Å². The van der Waals surface area contributed by atoms with Crippen LogP contribution in [0.1, 0.15) is 12.8 Å². The van der Waals surface area contributed by atoms with Crippen LogP contribution in [0, 0.1) is 0 Å². The summed E-state index contributed by atoms with van der Waals surface area (Å²) in [5.74, 6) is 0.797. The Morgan fingerprint density at radius 3 is 3.14 bits per heavy atom. The molecule has 0 aliphatic heterocycles. The molecular formula is C9H9N3OS. The lowest BCUT2D eigenvalue weighted by atomic mass is 10.4. The second-order valence-corrected chi connectivity index (χ2v) is 4.37. The Morgan fingerprint density at radius 2 is 2.36 bits per heavy atom. The number of hydrogen-bond donors (Lipinski definition) is 1. The van der Waals surface area contributed by atoms with Gasteiger partial charge in [0, 0.05) is 6.07 Å². The van der Waals surface area contributed by atoms with Crippen LogP contribution in [-0.4, -0.2) is 16.1 Å². The van der Waals surface area contributed by atoms with Gasteiger partial charge in [-0.05, 0) is 12.8 Å². The summed E-state index contributed by atoms with van der Waals surface area (Å²) < 4.78 is 5.60. The minimum atomic E-state index is 0.394. The molecule has 2 aromatic rings. The summed E-state index contributed by atoms with van der Waals surface area (Å²) in [5, 5.41) is 0.552. The maximum atomic E-state index is 5.60. The highest BCUT2D eigenvalue weighted by molar-refractivity contribution is 7.21. The Hall–Kier alpha value is -1.36. The van der Waals surface area contributed by atoms with Gasteiger partial charge in [-0.2, -0.15) is 0 Å². The fourth-order valence-electron chi connectivity index (χ4n) is 1.26. The molecule has 1 fully saturated rings. The fourth-order valence-corrected chi connectivity index (χ4v) is 1.92. The summed E-state index contributed by atoms with van der Waals surface area (Å²) in [5.41, 5.74) is 6.41. The molecule has 0 atom stereocenters. The fraction of sp³-hybridized carbons (Fsp3) is 0.333. The summed E-state index contributed by atoms with van der Waals surface area (Å²) >= 11 is 1.40. The smallest absolute Gasteiger partial charge is 0.182 e. The number of pyridine rings is 1. The normalized spacial score (nSPS) is 16.0. The van der Waals surface area contributed by atoms with Gasteiger partial charge in [0.25, 0.3) is 0 Å².